The number of amides is 2. The zero-order valence-corrected chi connectivity index (χ0v) is 15.4. The largest absolute Gasteiger partial charge is 0.381 e. The maximum Gasteiger partial charge on any atom is 0.228 e. The van der Waals surface area contributed by atoms with Gasteiger partial charge in [-0.2, -0.15) is 0 Å². The third kappa shape index (κ3) is 3.44. The van der Waals surface area contributed by atoms with Gasteiger partial charge in [-0.05, 0) is 57.3 Å². The summed E-state index contributed by atoms with van der Waals surface area (Å²) < 4.78 is 5.39. The smallest absolute Gasteiger partial charge is 0.228 e. The van der Waals surface area contributed by atoms with Crippen molar-refractivity contribution < 1.29 is 14.3 Å². The van der Waals surface area contributed by atoms with Gasteiger partial charge in [0.25, 0.3) is 0 Å². The molecule has 0 radical (unpaired) electrons. The minimum Gasteiger partial charge on any atom is -0.381 e. The van der Waals surface area contributed by atoms with Gasteiger partial charge in [-0.15, -0.1) is 0 Å². The predicted molar refractivity (Wildman–Crippen MR) is 94.9 cm³/mol. The number of nitrogens with zero attached hydrogens (tertiary/aromatic N) is 2. The Bertz CT molecular complexity index is 513. The van der Waals surface area contributed by atoms with Crippen LogP contribution in [0.15, 0.2) is 0 Å². The van der Waals surface area contributed by atoms with Crippen LogP contribution < -0.4 is 0 Å². The van der Waals surface area contributed by atoms with E-state index in [1.54, 1.807) is 0 Å². The fourth-order valence-electron chi connectivity index (χ4n) is 5.14. The highest BCUT2D eigenvalue weighted by molar-refractivity contribution is 5.85. The topological polar surface area (TPSA) is 49.9 Å². The number of ether oxygens (including phenoxy) is 1. The normalized spacial score (nSPS) is 32.1. The van der Waals surface area contributed by atoms with Crippen LogP contribution in [0.1, 0.15) is 57.8 Å². The highest BCUT2D eigenvalue weighted by atomic mass is 16.5. The SMILES string of the molecule is O=C(C1CCOCC1)N1CCC[C@@]2(CC1)CCN(CC1CCC1)C2=O. The van der Waals surface area contributed by atoms with Crippen molar-refractivity contribution in [2.45, 2.75) is 57.8 Å². The van der Waals surface area contributed by atoms with Gasteiger partial charge in [0.05, 0.1) is 5.41 Å². The first kappa shape index (κ1) is 17.3. The average Bonchev–Trinajstić information content (AvgIpc) is 2.78. The van der Waals surface area contributed by atoms with E-state index in [4.69, 9.17) is 4.74 Å². The Balaban J connectivity index is 1.35. The Kier molecular flexibility index (Phi) is 5.03. The van der Waals surface area contributed by atoms with Crippen molar-refractivity contribution >= 4 is 11.8 Å². The van der Waals surface area contributed by atoms with Gasteiger partial charge >= 0.3 is 0 Å². The monoisotopic (exact) mass is 348 g/mol. The molecule has 4 aliphatic rings. The lowest BCUT2D eigenvalue weighted by Gasteiger charge is -2.32. The minimum absolute atomic E-state index is 0.136. The van der Waals surface area contributed by atoms with Crippen molar-refractivity contribution in [1.29, 1.82) is 0 Å². The summed E-state index contributed by atoms with van der Waals surface area (Å²) >= 11 is 0. The van der Waals surface area contributed by atoms with Crippen LogP contribution in [0.5, 0.6) is 0 Å². The lowest BCUT2D eigenvalue weighted by Crippen LogP contribution is -2.41. The van der Waals surface area contributed by atoms with Crippen molar-refractivity contribution in [3.63, 3.8) is 0 Å². The highest BCUT2D eigenvalue weighted by Gasteiger charge is 2.47. The summed E-state index contributed by atoms with van der Waals surface area (Å²) in [5.41, 5.74) is -0.172. The van der Waals surface area contributed by atoms with E-state index in [9.17, 15) is 9.59 Å². The molecule has 1 aliphatic carbocycles. The number of carbonyl (C=O) groups is 2. The molecule has 3 aliphatic heterocycles. The second-order valence-electron chi connectivity index (χ2n) is 8.64. The van der Waals surface area contributed by atoms with E-state index in [1.807, 2.05) is 4.90 Å². The predicted octanol–water partition coefficient (Wildman–Crippen LogP) is 2.44. The van der Waals surface area contributed by atoms with E-state index in [2.05, 4.69) is 4.90 Å². The zero-order valence-electron chi connectivity index (χ0n) is 15.4. The van der Waals surface area contributed by atoms with E-state index in [1.165, 1.54) is 19.3 Å². The highest BCUT2D eigenvalue weighted by Crippen LogP contribution is 2.43. The number of likely N-dealkylation sites (tertiary alicyclic amines) is 2. The fraction of sp³-hybridized carbons (Fsp3) is 0.900. The van der Waals surface area contributed by atoms with Gasteiger partial charge in [-0.1, -0.05) is 6.42 Å². The van der Waals surface area contributed by atoms with E-state index in [0.717, 1.165) is 70.6 Å². The molecular weight excluding hydrogens is 316 g/mol. The molecule has 4 rings (SSSR count). The molecule has 5 heteroatoms. The molecule has 1 spiro atoms. The standard InChI is InChI=1S/C20H32N2O3/c23-18(17-5-13-25-14-6-17)21-10-2-7-20(8-11-21)9-12-22(19(20)24)15-16-3-1-4-16/h16-17H,1-15H2/t20-/m1/s1. The van der Waals surface area contributed by atoms with Crippen LogP contribution in [0.25, 0.3) is 0 Å². The van der Waals surface area contributed by atoms with Crippen LogP contribution in [-0.4, -0.2) is 61.0 Å². The molecule has 2 amide bonds. The summed E-state index contributed by atoms with van der Waals surface area (Å²) in [5, 5.41) is 0. The molecule has 1 atom stereocenters. The maximum atomic E-state index is 13.1. The van der Waals surface area contributed by atoms with Crippen LogP contribution in [0, 0.1) is 17.3 Å². The number of hydrogen-bond donors (Lipinski definition) is 0. The second-order valence-corrected chi connectivity index (χ2v) is 8.64. The molecule has 0 N–H and O–H groups in total. The summed E-state index contributed by atoms with van der Waals surface area (Å²) in [6, 6.07) is 0. The molecule has 0 aromatic rings. The van der Waals surface area contributed by atoms with Crippen LogP contribution in [-0.2, 0) is 14.3 Å². The quantitative estimate of drug-likeness (QED) is 0.787. The van der Waals surface area contributed by atoms with Crippen molar-refractivity contribution in [2.24, 2.45) is 17.3 Å². The van der Waals surface area contributed by atoms with Crippen LogP contribution >= 0.6 is 0 Å². The third-order valence-electron chi connectivity index (χ3n) is 7.13. The molecule has 0 unspecified atom stereocenters. The van der Waals surface area contributed by atoms with Crippen molar-refractivity contribution in [3.8, 4) is 0 Å². The summed E-state index contributed by atoms with van der Waals surface area (Å²) in [4.78, 5) is 30.1. The maximum absolute atomic E-state index is 13.1. The molecule has 0 aromatic carbocycles. The van der Waals surface area contributed by atoms with Gasteiger partial charge in [-0.25, -0.2) is 0 Å². The number of hydrogen-bond acceptors (Lipinski definition) is 3. The fourth-order valence-corrected chi connectivity index (χ4v) is 5.14. The lowest BCUT2D eigenvalue weighted by molar-refractivity contribution is -0.140. The molecule has 0 aromatic heterocycles. The van der Waals surface area contributed by atoms with Gasteiger partial charge in [0, 0.05) is 45.3 Å². The number of rotatable bonds is 3. The first-order valence-corrected chi connectivity index (χ1v) is 10.3. The van der Waals surface area contributed by atoms with E-state index < -0.39 is 0 Å². The van der Waals surface area contributed by atoms with Crippen LogP contribution in [0.2, 0.25) is 0 Å². The lowest BCUT2D eigenvalue weighted by atomic mass is 9.79. The van der Waals surface area contributed by atoms with Gasteiger partial charge in [-0.3, -0.25) is 9.59 Å². The molecular formula is C20H32N2O3. The summed E-state index contributed by atoms with van der Waals surface area (Å²) in [6.45, 7) is 4.92. The molecule has 4 fully saturated rings. The Morgan fingerprint density at radius 1 is 1.00 bits per heavy atom. The summed E-state index contributed by atoms with van der Waals surface area (Å²) in [5.74, 6) is 1.57. The van der Waals surface area contributed by atoms with Crippen molar-refractivity contribution in [2.75, 3.05) is 39.4 Å². The molecule has 3 saturated heterocycles. The van der Waals surface area contributed by atoms with Crippen molar-refractivity contribution in [1.82, 2.24) is 9.80 Å². The average molecular weight is 348 g/mol. The van der Waals surface area contributed by atoms with Gasteiger partial charge in [0.1, 0.15) is 0 Å². The second kappa shape index (κ2) is 7.26. The van der Waals surface area contributed by atoms with Gasteiger partial charge in [0.15, 0.2) is 0 Å². The zero-order chi connectivity index (χ0) is 17.3. The molecule has 1 saturated carbocycles. The Morgan fingerprint density at radius 3 is 2.48 bits per heavy atom. The Labute approximate surface area is 151 Å². The minimum atomic E-state index is -0.172. The summed E-state index contributed by atoms with van der Waals surface area (Å²) in [6.07, 6.45) is 9.43. The first-order valence-electron chi connectivity index (χ1n) is 10.3. The van der Waals surface area contributed by atoms with Gasteiger partial charge in [0.2, 0.25) is 11.8 Å². The van der Waals surface area contributed by atoms with Gasteiger partial charge < -0.3 is 14.5 Å². The Morgan fingerprint density at radius 2 is 1.76 bits per heavy atom. The third-order valence-corrected chi connectivity index (χ3v) is 7.13. The summed E-state index contributed by atoms with van der Waals surface area (Å²) in [7, 11) is 0. The molecule has 25 heavy (non-hydrogen) atoms. The first-order chi connectivity index (χ1) is 12.2. The molecule has 3 heterocycles. The molecule has 0 bridgehead atoms. The van der Waals surface area contributed by atoms with Crippen LogP contribution in [0.4, 0.5) is 0 Å². The van der Waals surface area contributed by atoms with E-state index >= 15 is 0 Å². The van der Waals surface area contributed by atoms with Crippen LogP contribution in [0.3, 0.4) is 0 Å². The Hall–Kier alpha value is -1.10. The van der Waals surface area contributed by atoms with Crippen molar-refractivity contribution in [3.05, 3.63) is 0 Å². The molecule has 5 nitrogen and oxygen atoms in total. The molecule has 140 valence electrons. The van der Waals surface area contributed by atoms with E-state index in [0.29, 0.717) is 25.0 Å². The van der Waals surface area contributed by atoms with E-state index in [-0.39, 0.29) is 11.3 Å². The number of carbonyl (C=O) groups excluding carboxylic acids is 2.